The highest BCUT2D eigenvalue weighted by atomic mass is 79.9. The molecule has 130 valence electrons. The second kappa shape index (κ2) is 8.11. The summed E-state index contributed by atoms with van der Waals surface area (Å²) in [6.07, 6.45) is 3.30. The molecule has 0 aliphatic carbocycles. The number of rotatable bonds is 5. The Hall–Kier alpha value is -2.72. The normalized spacial score (nSPS) is 10.9. The molecule has 0 atom stereocenters. The van der Waals surface area contributed by atoms with E-state index in [1.165, 1.54) is 18.2 Å². The summed E-state index contributed by atoms with van der Waals surface area (Å²) in [6.45, 7) is 0. The average molecular weight is 411 g/mol. The van der Waals surface area contributed by atoms with E-state index < -0.39 is 0 Å². The molecule has 0 aromatic heterocycles. The molecular formula is C22H16BrFO2. The van der Waals surface area contributed by atoms with E-state index in [2.05, 4.69) is 15.9 Å². The van der Waals surface area contributed by atoms with Gasteiger partial charge >= 0.3 is 0 Å². The van der Waals surface area contributed by atoms with Crippen molar-refractivity contribution < 1.29 is 13.9 Å². The topological polar surface area (TPSA) is 26.3 Å². The standard InChI is InChI=1S/C22H16BrFO2/c1-26-22-13-7-15(14-20(22)23)6-12-21(25)19-5-3-2-4-18(19)16-8-10-17(24)11-9-16/h2-14H,1H3/b12-6+. The van der Waals surface area contributed by atoms with Crippen molar-refractivity contribution in [2.24, 2.45) is 0 Å². The summed E-state index contributed by atoms with van der Waals surface area (Å²) in [7, 11) is 1.60. The number of hydrogen-bond acceptors (Lipinski definition) is 2. The van der Waals surface area contributed by atoms with E-state index >= 15 is 0 Å². The van der Waals surface area contributed by atoms with Crippen molar-refractivity contribution in [3.8, 4) is 16.9 Å². The van der Waals surface area contributed by atoms with Crippen LogP contribution in [0.2, 0.25) is 0 Å². The Bertz CT molecular complexity index is 962. The van der Waals surface area contributed by atoms with Crippen molar-refractivity contribution in [1.82, 2.24) is 0 Å². The molecule has 0 aliphatic rings. The number of methoxy groups -OCH3 is 1. The summed E-state index contributed by atoms with van der Waals surface area (Å²) in [6, 6.07) is 19.0. The van der Waals surface area contributed by atoms with E-state index in [-0.39, 0.29) is 11.6 Å². The van der Waals surface area contributed by atoms with Crippen LogP contribution >= 0.6 is 15.9 Å². The van der Waals surface area contributed by atoms with Gasteiger partial charge in [-0.3, -0.25) is 4.79 Å². The Morgan fingerprint density at radius 3 is 2.46 bits per heavy atom. The van der Waals surface area contributed by atoms with E-state index in [9.17, 15) is 9.18 Å². The zero-order chi connectivity index (χ0) is 18.5. The van der Waals surface area contributed by atoms with Gasteiger partial charge in [0.2, 0.25) is 0 Å². The number of allylic oxidation sites excluding steroid dienone is 1. The Kier molecular flexibility index (Phi) is 5.64. The highest BCUT2D eigenvalue weighted by molar-refractivity contribution is 9.10. The van der Waals surface area contributed by atoms with Crippen molar-refractivity contribution in [2.75, 3.05) is 7.11 Å². The molecule has 0 heterocycles. The smallest absolute Gasteiger partial charge is 0.186 e. The molecule has 3 rings (SSSR count). The van der Waals surface area contributed by atoms with E-state index in [1.54, 1.807) is 31.4 Å². The number of carbonyl (C=O) groups excluding carboxylic acids is 1. The molecule has 0 N–H and O–H groups in total. The molecule has 0 radical (unpaired) electrons. The van der Waals surface area contributed by atoms with Crippen molar-refractivity contribution in [1.29, 1.82) is 0 Å². The van der Waals surface area contributed by atoms with Crippen molar-refractivity contribution >= 4 is 27.8 Å². The third-order valence-corrected chi connectivity index (χ3v) is 4.57. The van der Waals surface area contributed by atoms with Crippen molar-refractivity contribution in [3.05, 3.63) is 94.2 Å². The van der Waals surface area contributed by atoms with Gasteiger partial charge < -0.3 is 4.74 Å². The van der Waals surface area contributed by atoms with Crippen LogP contribution in [0, 0.1) is 5.82 Å². The largest absolute Gasteiger partial charge is 0.496 e. The second-order valence-electron chi connectivity index (χ2n) is 5.64. The summed E-state index contributed by atoms with van der Waals surface area (Å²) < 4.78 is 19.2. The molecule has 0 fully saturated rings. The maximum absolute atomic E-state index is 13.2. The maximum atomic E-state index is 13.2. The number of benzene rings is 3. The predicted molar refractivity (Wildman–Crippen MR) is 106 cm³/mol. The van der Waals surface area contributed by atoms with Gasteiger partial charge in [-0.05, 0) is 63.0 Å². The molecule has 0 spiro atoms. The molecule has 4 heteroatoms. The summed E-state index contributed by atoms with van der Waals surface area (Å²) in [5, 5.41) is 0. The van der Waals surface area contributed by atoms with Gasteiger partial charge in [-0.1, -0.05) is 48.5 Å². The Morgan fingerprint density at radius 2 is 1.77 bits per heavy atom. The SMILES string of the molecule is COc1ccc(/C=C/C(=O)c2ccccc2-c2ccc(F)cc2)cc1Br. The lowest BCUT2D eigenvalue weighted by molar-refractivity contribution is 0.104. The monoisotopic (exact) mass is 410 g/mol. The van der Waals surface area contributed by atoms with Gasteiger partial charge in [0, 0.05) is 5.56 Å². The minimum atomic E-state index is -0.303. The third kappa shape index (κ3) is 4.09. The molecule has 0 aliphatic heterocycles. The fourth-order valence-corrected chi connectivity index (χ4v) is 3.19. The first-order valence-electron chi connectivity index (χ1n) is 7.99. The number of halogens is 2. The van der Waals surface area contributed by atoms with Crippen LogP contribution in [0.4, 0.5) is 4.39 Å². The van der Waals surface area contributed by atoms with Gasteiger partial charge in [-0.25, -0.2) is 4.39 Å². The van der Waals surface area contributed by atoms with Crippen LogP contribution in [-0.4, -0.2) is 12.9 Å². The lowest BCUT2D eigenvalue weighted by Crippen LogP contribution is -1.97. The van der Waals surface area contributed by atoms with Crippen LogP contribution in [0.15, 0.2) is 77.3 Å². The molecular weight excluding hydrogens is 395 g/mol. The van der Waals surface area contributed by atoms with Gasteiger partial charge in [0.15, 0.2) is 5.78 Å². The zero-order valence-corrected chi connectivity index (χ0v) is 15.7. The molecule has 2 nitrogen and oxygen atoms in total. The lowest BCUT2D eigenvalue weighted by Gasteiger charge is -2.07. The summed E-state index contributed by atoms with van der Waals surface area (Å²) >= 11 is 3.43. The van der Waals surface area contributed by atoms with Gasteiger partial charge in [0.05, 0.1) is 11.6 Å². The van der Waals surface area contributed by atoms with Crippen LogP contribution in [0.5, 0.6) is 5.75 Å². The van der Waals surface area contributed by atoms with E-state index in [1.807, 2.05) is 36.4 Å². The van der Waals surface area contributed by atoms with Crippen LogP contribution < -0.4 is 4.74 Å². The predicted octanol–water partition coefficient (Wildman–Crippen LogP) is 6.16. The molecule has 3 aromatic rings. The van der Waals surface area contributed by atoms with Gasteiger partial charge in [-0.2, -0.15) is 0 Å². The second-order valence-corrected chi connectivity index (χ2v) is 6.50. The molecule has 0 saturated carbocycles. The molecule has 0 bridgehead atoms. The van der Waals surface area contributed by atoms with Crippen molar-refractivity contribution in [2.45, 2.75) is 0 Å². The fraction of sp³-hybridized carbons (Fsp3) is 0.0455. The van der Waals surface area contributed by atoms with Gasteiger partial charge in [0.1, 0.15) is 11.6 Å². The zero-order valence-electron chi connectivity index (χ0n) is 14.1. The first kappa shape index (κ1) is 18.1. The van der Waals surface area contributed by atoms with Gasteiger partial charge in [0.25, 0.3) is 0 Å². The van der Waals surface area contributed by atoms with Gasteiger partial charge in [-0.15, -0.1) is 0 Å². The Morgan fingerprint density at radius 1 is 1.04 bits per heavy atom. The van der Waals surface area contributed by atoms with Crippen LogP contribution in [0.25, 0.3) is 17.2 Å². The highest BCUT2D eigenvalue weighted by Gasteiger charge is 2.10. The first-order chi connectivity index (χ1) is 12.6. The number of ketones is 1. The Balaban J connectivity index is 1.89. The molecule has 0 amide bonds. The lowest BCUT2D eigenvalue weighted by atomic mass is 9.96. The molecule has 0 saturated heterocycles. The first-order valence-corrected chi connectivity index (χ1v) is 8.78. The quantitative estimate of drug-likeness (QED) is 0.371. The number of carbonyl (C=O) groups is 1. The van der Waals surface area contributed by atoms with Crippen LogP contribution in [0.1, 0.15) is 15.9 Å². The highest BCUT2D eigenvalue weighted by Crippen LogP contribution is 2.27. The Labute approximate surface area is 160 Å². The summed E-state index contributed by atoms with van der Waals surface area (Å²) in [4.78, 5) is 12.7. The molecule has 3 aromatic carbocycles. The summed E-state index contributed by atoms with van der Waals surface area (Å²) in [5.74, 6) is 0.314. The minimum Gasteiger partial charge on any atom is -0.496 e. The molecule has 0 unspecified atom stereocenters. The molecule has 26 heavy (non-hydrogen) atoms. The maximum Gasteiger partial charge on any atom is 0.186 e. The number of ether oxygens (including phenoxy) is 1. The van der Waals surface area contributed by atoms with E-state index in [4.69, 9.17) is 4.74 Å². The van der Waals surface area contributed by atoms with Crippen LogP contribution in [0.3, 0.4) is 0 Å². The van der Waals surface area contributed by atoms with E-state index in [0.717, 1.165) is 26.9 Å². The number of hydrogen-bond donors (Lipinski definition) is 0. The minimum absolute atomic E-state index is 0.114. The third-order valence-electron chi connectivity index (χ3n) is 3.95. The van der Waals surface area contributed by atoms with Crippen molar-refractivity contribution in [3.63, 3.8) is 0 Å². The summed E-state index contributed by atoms with van der Waals surface area (Å²) in [5.41, 5.74) is 3.03. The van der Waals surface area contributed by atoms with Crippen LogP contribution in [-0.2, 0) is 0 Å². The van der Waals surface area contributed by atoms with E-state index in [0.29, 0.717) is 5.56 Å². The fourth-order valence-electron chi connectivity index (χ4n) is 2.63. The average Bonchev–Trinajstić information content (AvgIpc) is 2.67.